The molecule has 1 aromatic rings. The molecule has 16 nitrogen and oxygen atoms in total. The summed E-state index contributed by atoms with van der Waals surface area (Å²) in [5.74, 6) is -2.12. The lowest BCUT2D eigenvalue weighted by Gasteiger charge is -2.38. The molecule has 1 saturated heterocycles. The Hall–Kier alpha value is -1.48. The molecule has 20 heteroatoms. The Morgan fingerprint density at radius 3 is 1.98 bits per heavy atom. The van der Waals surface area contributed by atoms with Gasteiger partial charge in [-0.1, -0.05) is 65.1 Å². The topological polar surface area (TPSA) is 189 Å². The molecule has 0 spiro atoms. The number of nitrogens with zero attached hydrogens (tertiary/aromatic N) is 1. The number of aromatic nitrogens is 2. The van der Waals surface area contributed by atoms with Gasteiger partial charge in [0.1, 0.15) is 12.7 Å². The minimum absolute atomic E-state index is 0.0103. The van der Waals surface area contributed by atoms with Crippen LogP contribution in [-0.4, -0.2) is 110 Å². The van der Waals surface area contributed by atoms with E-state index in [-0.39, 0.29) is 49.9 Å². The highest BCUT2D eigenvalue weighted by Crippen LogP contribution is 2.50. The van der Waals surface area contributed by atoms with Crippen molar-refractivity contribution in [1.29, 1.82) is 0 Å². The summed E-state index contributed by atoms with van der Waals surface area (Å²) in [4.78, 5) is 50.3. The zero-order chi connectivity index (χ0) is 37.6. The number of hydrogen-bond acceptors (Lipinski definition) is 16. The number of carbonyl (C=O) groups excluding carboxylic acids is 2. The number of aromatic amines is 1. The summed E-state index contributed by atoms with van der Waals surface area (Å²) in [5, 5.41) is 0.0206. The van der Waals surface area contributed by atoms with E-state index >= 15 is 4.39 Å². The standard InChI is InChI=1S/C30H50FN2O14PS2/c1-21-30(31,47-23(19-42-27(39-8)46-21)33-10-9-22(34)32-26(33)37)20-45-48(38,43-13-11-40-15-17-49-24(35)28(2,3)4)44-14-12-41-16-18-50-25(36)29(5,6)7/h9-10,21,23,27H,11-20H2,1-8H3,(H,32,34,37)/t21-,23+,27?,30+/m0/s1. The van der Waals surface area contributed by atoms with Crippen molar-refractivity contribution in [1.82, 2.24) is 9.55 Å². The van der Waals surface area contributed by atoms with E-state index in [1.54, 1.807) is 0 Å². The summed E-state index contributed by atoms with van der Waals surface area (Å²) in [6, 6.07) is 1.04. The Balaban J connectivity index is 2.09. The number of hydrogen-bond donors (Lipinski definition) is 1. The fraction of sp³-hybridized carbons (Fsp3) is 0.800. The van der Waals surface area contributed by atoms with Gasteiger partial charge in [-0.3, -0.25) is 37.5 Å². The summed E-state index contributed by atoms with van der Waals surface area (Å²) in [5.41, 5.74) is -2.58. The van der Waals surface area contributed by atoms with Crippen LogP contribution in [0.25, 0.3) is 0 Å². The van der Waals surface area contributed by atoms with E-state index < -0.39 is 67.8 Å². The maximum absolute atomic E-state index is 16.6. The van der Waals surface area contributed by atoms with Crippen molar-refractivity contribution >= 4 is 41.6 Å². The molecule has 0 aliphatic carbocycles. The third kappa shape index (κ3) is 15.6. The maximum atomic E-state index is 16.6. The highest BCUT2D eigenvalue weighted by Gasteiger charge is 2.47. The SMILES string of the molecule is COC1OC[C@H](n2ccc(=O)[nH]c2=O)O[C@](F)(COP(=O)(OCCOCCSC(=O)C(C)(C)C)OCCOCCSC(=O)C(C)(C)C)[C@H](C)O1. The lowest BCUT2D eigenvalue weighted by Crippen LogP contribution is -2.52. The molecular weight excluding hydrogens is 726 g/mol. The number of H-pyrrole nitrogens is 1. The highest BCUT2D eigenvalue weighted by atomic mass is 32.2. The van der Waals surface area contributed by atoms with Crippen LogP contribution in [0.15, 0.2) is 21.9 Å². The monoisotopic (exact) mass is 776 g/mol. The van der Waals surface area contributed by atoms with Crippen molar-refractivity contribution in [3.05, 3.63) is 33.1 Å². The van der Waals surface area contributed by atoms with Gasteiger partial charge in [-0.05, 0) is 6.92 Å². The maximum Gasteiger partial charge on any atom is 0.475 e. The van der Waals surface area contributed by atoms with Gasteiger partial charge in [-0.15, -0.1) is 0 Å². The number of phosphoric ester groups is 1. The largest absolute Gasteiger partial charge is 0.475 e. The first-order chi connectivity index (χ1) is 23.3. The van der Waals surface area contributed by atoms with Gasteiger partial charge in [-0.25, -0.2) is 13.8 Å². The zero-order valence-corrected chi connectivity index (χ0v) is 32.3. The number of rotatable bonds is 19. The number of nitrogens with one attached hydrogen (secondary N) is 1. The van der Waals surface area contributed by atoms with Gasteiger partial charge in [0.2, 0.25) is 0 Å². The third-order valence-electron chi connectivity index (χ3n) is 6.50. The van der Waals surface area contributed by atoms with Crippen LogP contribution in [0.1, 0.15) is 54.7 Å². The Morgan fingerprint density at radius 1 is 0.960 bits per heavy atom. The Bertz CT molecular complexity index is 1340. The smallest absolute Gasteiger partial charge is 0.378 e. The van der Waals surface area contributed by atoms with E-state index in [0.29, 0.717) is 11.5 Å². The Morgan fingerprint density at radius 2 is 1.50 bits per heavy atom. The van der Waals surface area contributed by atoms with E-state index in [9.17, 15) is 23.7 Å². The van der Waals surface area contributed by atoms with E-state index in [4.69, 9.17) is 42.0 Å². The molecule has 1 aliphatic rings. The normalized spacial score (nSPS) is 22.2. The summed E-state index contributed by atoms with van der Waals surface area (Å²) >= 11 is 2.26. The highest BCUT2D eigenvalue weighted by molar-refractivity contribution is 8.14. The molecule has 1 N–H and O–H groups in total. The third-order valence-corrected chi connectivity index (χ3v) is 10.4. The van der Waals surface area contributed by atoms with Crippen LogP contribution in [0, 0.1) is 10.8 Å². The molecule has 1 aliphatic heterocycles. The average molecular weight is 777 g/mol. The molecule has 0 amide bonds. The van der Waals surface area contributed by atoms with Crippen LogP contribution in [0.2, 0.25) is 0 Å². The van der Waals surface area contributed by atoms with Gasteiger partial charge >= 0.3 is 13.5 Å². The van der Waals surface area contributed by atoms with Crippen LogP contribution >= 0.6 is 31.3 Å². The molecule has 1 aromatic heterocycles. The molecule has 0 saturated carbocycles. The number of phosphoric acid groups is 1. The molecule has 2 heterocycles. The van der Waals surface area contributed by atoms with Crippen LogP contribution in [0.5, 0.6) is 0 Å². The fourth-order valence-electron chi connectivity index (χ4n) is 3.61. The second kappa shape index (κ2) is 20.7. The number of ether oxygens (including phenoxy) is 6. The molecule has 288 valence electrons. The fourth-order valence-corrected chi connectivity index (χ4v) is 6.40. The number of halogens is 1. The van der Waals surface area contributed by atoms with E-state index in [1.165, 1.54) is 14.0 Å². The van der Waals surface area contributed by atoms with Crippen LogP contribution < -0.4 is 11.2 Å². The molecule has 50 heavy (non-hydrogen) atoms. The molecule has 2 rings (SSSR count). The molecular formula is C30H50FN2O14PS2. The first-order valence-electron chi connectivity index (χ1n) is 15.8. The predicted octanol–water partition coefficient (Wildman–Crippen LogP) is 3.89. The van der Waals surface area contributed by atoms with Gasteiger partial charge < -0.3 is 28.4 Å². The number of thioether (sulfide) groups is 2. The van der Waals surface area contributed by atoms with E-state index in [0.717, 1.165) is 40.4 Å². The second-order valence-corrected chi connectivity index (χ2v) is 16.7. The van der Waals surface area contributed by atoms with Gasteiger partial charge in [0, 0.05) is 41.7 Å². The van der Waals surface area contributed by atoms with Gasteiger partial charge in [0.15, 0.2) is 16.5 Å². The van der Waals surface area contributed by atoms with Crippen molar-refractivity contribution in [2.75, 3.05) is 71.5 Å². The van der Waals surface area contributed by atoms with E-state index in [1.807, 2.05) is 41.5 Å². The van der Waals surface area contributed by atoms with Crippen molar-refractivity contribution in [3.63, 3.8) is 0 Å². The summed E-state index contributed by atoms with van der Waals surface area (Å²) < 4.78 is 80.1. The number of alkyl halides is 1. The first-order valence-corrected chi connectivity index (χ1v) is 19.2. The lowest BCUT2D eigenvalue weighted by molar-refractivity contribution is -0.380. The summed E-state index contributed by atoms with van der Waals surface area (Å²) in [6.45, 7) is 8.97. The molecule has 4 atom stereocenters. The first kappa shape index (κ1) is 44.7. The van der Waals surface area contributed by atoms with Crippen molar-refractivity contribution in [2.45, 2.75) is 73.1 Å². The molecule has 0 aromatic carbocycles. The molecule has 1 unspecified atom stereocenters. The Kier molecular flexibility index (Phi) is 18.5. The second-order valence-electron chi connectivity index (χ2n) is 12.9. The summed E-state index contributed by atoms with van der Waals surface area (Å²) in [7, 11) is -3.28. The molecule has 0 bridgehead atoms. The Labute approximate surface area is 299 Å². The minimum atomic E-state index is -4.53. The average Bonchev–Trinajstić information content (AvgIpc) is 3.02. The zero-order valence-electron chi connectivity index (χ0n) is 29.8. The van der Waals surface area contributed by atoms with Gasteiger partial charge in [0.25, 0.3) is 17.9 Å². The lowest BCUT2D eigenvalue weighted by atomic mass is 9.99. The quantitative estimate of drug-likeness (QED) is 0.157. The van der Waals surface area contributed by atoms with Crippen LogP contribution in [0.4, 0.5) is 4.39 Å². The molecule has 1 fully saturated rings. The minimum Gasteiger partial charge on any atom is -0.378 e. The van der Waals surface area contributed by atoms with Crippen molar-refractivity contribution < 1.29 is 60.5 Å². The van der Waals surface area contributed by atoms with Crippen LogP contribution in [0.3, 0.4) is 0 Å². The predicted molar refractivity (Wildman–Crippen MR) is 184 cm³/mol. The van der Waals surface area contributed by atoms with Gasteiger partial charge in [-0.2, -0.15) is 0 Å². The summed E-state index contributed by atoms with van der Waals surface area (Å²) in [6.07, 6.45) is -1.85. The molecule has 0 radical (unpaired) electrons. The van der Waals surface area contributed by atoms with Gasteiger partial charge in [0.05, 0.1) is 46.2 Å². The van der Waals surface area contributed by atoms with Crippen LogP contribution in [-0.2, 0) is 56.1 Å². The number of methoxy groups -OCH3 is 1. The van der Waals surface area contributed by atoms with Crippen molar-refractivity contribution in [3.8, 4) is 0 Å². The van der Waals surface area contributed by atoms with Crippen molar-refractivity contribution in [2.24, 2.45) is 10.8 Å². The van der Waals surface area contributed by atoms with E-state index in [2.05, 4.69) is 4.98 Å². The number of carbonyl (C=O) groups is 2.